The van der Waals surface area contributed by atoms with Gasteiger partial charge in [-0.05, 0) is 44.4 Å². The molecule has 3 aromatic rings. The molecule has 0 saturated carbocycles. The number of aromatic nitrogens is 2. The maximum Gasteiger partial charge on any atom is 0.120 e. The second-order valence-electron chi connectivity index (χ2n) is 5.61. The number of nitrogens with zero attached hydrogens (tertiary/aromatic N) is 2. The van der Waals surface area contributed by atoms with E-state index in [1.807, 2.05) is 18.3 Å². The van der Waals surface area contributed by atoms with E-state index in [1.165, 1.54) is 21.8 Å². The first-order valence-corrected chi connectivity index (χ1v) is 7.78. The van der Waals surface area contributed by atoms with Gasteiger partial charge in [-0.15, -0.1) is 6.58 Å². The first-order chi connectivity index (χ1) is 10.8. The quantitative estimate of drug-likeness (QED) is 0.479. The van der Waals surface area contributed by atoms with Crippen molar-refractivity contribution in [2.75, 3.05) is 7.11 Å². The summed E-state index contributed by atoms with van der Waals surface area (Å²) in [7, 11) is 1.71. The third-order valence-electron chi connectivity index (χ3n) is 4.20. The van der Waals surface area contributed by atoms with E-state index in [9.17, 15) is 0 Å². The lowest BCUT2D eigenvalue weighted by Gasteiger charge is -2.09. The standard InChI is InChI=1S/C19H22N2O/c1-4-5-6-7-12-21-18-13-15(22-3)8-9-16(18)17-10-11-20-14(2)19(17)21/h4,8-11,13H,1,5-7,12H2,2-3H3. The van der Waals surface area contributed by atoms with Crippen molar-refractivity contribution in [3.63, 3.8) is 0 Å². The number of aryl methyl sites for hydroxylation is 2. The average molecular weight is 294 g/mol. The Morgan fingerprint density at radius 2 is 2.09 bits per heavy atom. The van der Waals surface area contributed by atoms with E-state index in [0.29, 0.717) is 0 Å². The van der Waals surface area contributed by atoms with Crippen molar-refractivity contribution < 1.29 is 4.74 Å². The molecule has 22 heavy (non-hydrogen) atoms. The summed E-state index contributed by atoms with van der Waals surface area (Å²) in [6.07, 6.45) is 7.24. The van der Waals surface area contributed by atoms with Gasteiger partial charge in [-0.3, -0.25) is 4.98 Å². The van der Waals surface area contributed by atoms with Crippen LogP contribution in [0, 0.1) is 6.92 Å². The summed E-state index contributed by atoms with van der Waals surface area (Å²) in [6.45, 7) is 6.87. The van der Waals surface area contributed by atoms with Crippen LogP contribution in [0.2, 0.25) is 0 Å². The van der Waals surface area contributed by atoms with Crippen molar-refractivity contribution >= 4 is 21.8 Å². The number of benzene rings is 1. The molecule has 3 nitrogen and oxygen atoms in total. The normalized spacial score (nSPS) is 11.2. The Morgan fingerprint density at radius 1 is 1.23 bits per heavy atom. The number of hydrogen-bond acceptors (Lipinski definition) is 2. The minimum Gasteiger partial charge on any atom is -0.497 e. The number of pyridine rings is 1. The number of unbranched alkanes of at least 4 members (excludes halogenated alkanes) is 2. The largest absolute Gasteiger partial charge is 0.497 e. The van der Waals surface area contributed by atoms with E-state index < -0.39 is 0 Å². The Balaban J connectivity index is 2.16. The third kappa shape index (κ3) is 2.47. The summed E-state index contributed by atoms with van der Waals surface area (Å²) in [4.78, 5) is 4.48. The molecule has 0 atom stereocenters. The molecule has 1 aromatic carbocycles. The molecule has 3 heteroatoms. The molecule has 0 radical (unpaired) electrons. The second-order valence-corrected chi connectivity index (χ2v) is 5.61. The van der Waals surface area contributed by atoms with Crippen LogP contribution < -0.4 is 4.74 Å². The summed E-state index contributed by atoms with van der Waals surface area (Å²) in [6, 6.07) is 8.41. The lowest BCUT2D eigenvalue weighted by Crippen LogP contribution is -2.00. The molecule has 3 rings (SSSR count). The number of ether oxygens (including phenoxy) is 1. The van der Waals surface area contributed by atoms with Crippen molar-refractivity contribution in [3.05, 3.63) is 48.8 Å². The predicted octanol–water partition coefficient (Wildman–Crippen LogP) is 4.86. The molecule has 0 bridgehead atoms. The van der Waals surface area contributed by atoms with E-state index in [4.69, 9.17) is 4.74 Å². The zero-order valence-electron chi connectivity index (χ0n) is 13.3. The molecule has 114 valence electrons. The van der Waals surface area contributed by atoms with Crippen LogP contribution in [0.25, 0.3) is 21.8 Å². The maximum atomic E-state index is 5.40. The van der Waals surface area contributed by atoms with Gasteiger partial charge in [-0.1, -0.05) is 6.08 Å². The van der Waals surface area contributed by atoms with Gasteiger partial charge < -0.3 is 9.30 Å². The van der Waals surface area contributed by atoms with Crippen LogP contribution in [0.15, 0.2) is 43.1 Å². The van der Waals surface area contributed by atoms with Crippen LogP contribution in [-0.2, 0) is 6.54 Å². The Morgan fingerprint density at radius 3 is 2.86 bits per heavy atom. The summed E-state index contributed by atoms with van der Waals surface area (Å²) >= 11 is 0. The molecule has 0 spiro atoms. The van der Waals surface area contributed by atoms with Crippen LogP contribution in [0.5, 0.6) is 5.75 Å². The zero-order chi connectivity index (χ0) is 15.5. The van der Waals surface area contributed by atoms with Crippen molar-refractivity contribution in [2.45, 2.75) is 32.7 Å². The van der Waals surface area contributed by atoms with E-state index >= 15 is 0 Å². The molecule has 0 N–H and O–H groups in total. The molecule has 2 aromatic heterocycles. The van der Waals surface area contributed by atoms with Crippen LogP contribution >= 0.6 is 0 Å². The van der Waals surface area contributed by atoms with Crippen molar-refractivity contribution in [1.82, 2.24) is 9.55 Å². The molecular weight excluding hydrogens is 272 g/mol. The van der Waals surface area contributed by atoms with Crippen molar-refractivity contribution in [2.24, 2.45) is 0 Å². The molecule has 0 unspecified atom stereocenters. The summed E-state index contributed by atoms with van der Waals surface area (Å²) in [5, 5.41) is 2.54. The molecule has 0 saturated heterocycles. The molecule has 0 aliphatic rings. The fraction of sp³-hybridized carbons (Fsp3) is 0.316. The number of fused-ring (bicyclic) bond motifs is 3. The van der Waals surface area contributed by atoms with Gasteiger partial charge in [0.1, 0.15) is 5.75 Å². The van der Waals surface area contributed by atoms with Crippen LogP contribution in [0.3, 0.4) is 0 Å². The predicted molar refractivity (Wildman–Crippen MR) is 92.6 cm³/mol. The highest BCUT2D eigenvalue weighted by atomic mass is 16.5. The molecule has 0 amide bonds. The number of methoxy groups -OCH3 is 1. The van der Waals surface area contributed by atoms with E-state index in [1.54, 1.807) is 7.11 Å². The van der Waals surface area contributed by atoms with Gasteiger partial charge in [0, 0.05) is 29.6 Å². The average Bonchev–Trinajstić information content (AvgIpc) is 2.86. The molecule has 0 aliphatic carbocycles. The van der Waals surface area contributed by atoms with Crippen molar-refractivity contribution in [3.8, 4) is 5.75 Å². The SMILES string of the molecule is C=CCCCCn1c2cc(OC)ccc2c2ccnc(C)c21. The monoisotopic (exact) mass is 294 g/mol. The van der Waals surface area contributed by atoms with Gasteiger partial charge in [0.2, 0.25) is 0 Å². The van der Waals surface area contributed by atoms with Gasteiger partial charge in [-0.2, -0.15) is 0 Å². The number of hydrogen-bond donors (Lipinski definition) is 0. The summed E-state index contributed by atoms with van der Waals surface area (Å²) in [5.41, 5.74) is 3.55. The summed E-state index contributed by atoms with van der Waals surface area (Å²) < 4.78 is 7.79. The Bertz CT molecular complexity index is 817. The highest BCUT2D eigenvalue weighted by Gasteiger charge is 2.13. The van der Waals surface area contributed by atoms with E-state index in [-0.39, 0.29) is 0 Å². The van der Waals surface area contributed by atoms with Crippen LogP contribution in [0.1, 0.15) is 25.0 Å². The minimum absolute atomic E-state index is 0.897. The lowest BCUT2D eigenvalue weighted by atomic mass is 10.1. The Hall–Kier alpha value is -2.29. The first kappa shape index (κ1) is 14.6. The van der Waals surface area contributed by atoms with E-state index in [0.717, 1.165) is 37.3 Å². The molecule has 0 fully saturated rings. The maximum absolute atomic E-state index is 5.40. The van der Waals surface area contributed by atoms with E-state index in [2.05, 4.69) is 41.3 Å². The molecule has 0 aliphatic heterocycles. The molecular formula is C19H22N2O. The highest BCUT2D eigenvalue weighted by Crippen LogP contribution is 2.32. The number of rotatable bonds is 6. The zero-order valence-corrected chi connectivity index (χ0v) is 13.3. The smallest absolute Gasteiger partial charge is 0.120 e. The van der Waals surface area contributed by atoms with Gasteiger partial charge >= 0.3 is 0 Å². The van der Waals surface area contributed by atoms with Gasteiger partial charge in [0.15, 0.2) is 0 Å². The lowest BCUT2D eigenvalue weighted by molar-refractivity contribution is 0.415. The summed E-state index contributed by atoms with van der Waals surface area (Å²) in [5.74, 6) is 0.897. The van der Waals surface area contributed by atoms with Crippen molar-refractivity contribution in [1.29, 1.82) is 0 Å². The molecule has 2 heterocycles. The third-order valence-corrected chi connectivity index (χ3v) is 4.20. The van der Waals surface area contributed by atoms with Gasteiger partial charge in [0.05, 0.1) is 23.8 Å². The van der Waals surface area contributed by atoms with Crippen LogP contribution in [-0.4, -0.2) is 16.7 Å². The highest BCUT2D eigenvalue weighted by molar-refractivity contribution is 6.09. The first-order valence-electron chi connectivity index (χ1n) is 7.78. The fourth-order valence-corrected chi connectivity index (χ4v) is 3.12. The number of allylic oxidation sites excluding steroid dienone is 1. The fourth-order valence-electron chi connectivity index (χ4n) is 3.12. The topological polar surface area (TPSA) is 27.1 Å². The Kier molecular flexibility index (Phi) is 4.14. The second kappa shape index (κ2) is 6.22. The minimum atomic E-state index is 0.897. The van der Waals surface area contributed by atoms with Crippen LogP contribution in [0.4, 0.5) is 0 Å². The Labute approximate surface area is 131 Å². The van der Waals surface area contributed by atoms with Gasteiger partial charge in [0.25, 0.3) is 0 Å². The van der Waals surface area contributed by atoms with Gasteiger partial charge in [-0.25, -0.2) is 0 Å².